The molecule has 7 heteroatoms. The van der Waals surface area contributed by atoms with Gasteiger partial charge in [-0.2, -0.15) is 0 Å². The zero-order valence-corrected chi connectivity index (χ0v) is 12.2. The molecule has 0 aliphatic carbocycles. The van der Waals surface area contributed by atoms with Crippen molar-refractivity contribution in [3.63, 3.8) is 0 Å². The summed E-state index contributed by atoms with van der Waals surface area (Å²) in [5.74, 6) is -3.74. The molecule has 1 heterocycles. The highest BCUT2D eigenvalue weighted by molar-refractivity contribution is 6.22. The van der Waals surface area contributed by atoms with Crippen LogP contribution in [0.4, 0.5) is 0 Å². The standard InChI is InChI=1S/C15H15NO6/c1-3-16-12(19)9-6-4-5-7-10(9)15(13(16)20,8-11(17)18)14(21)22-2/h4-7H,3,8H2,1-2H3,(H,17,18). The number of benzene rings is 1. The Morgan fingerprint density at radius 3 is 2.45 bits per heavy atom. The average Bonchev–Trinajstić information content (AvgIpc) is 2.51. The first-order chi connectivity index (χ1) is 10.4. The number of fused-ring (bicyclic) bond motifs is 1. The van der Waals surface area contributed by atoms with Crippen molar-refractivity contribution >= 4 is 23.8 Å². The van der Waals surface area contributed by atoms with Crippen molar-refractivity contribution in [1.29, 1.82) is 0 Å². The molecular weight excluding hydrogens is 290 g/mol. The largest absolute Gasteiger partial charge is 0.481 e. The van der Waals surface area contributed by atoms with Gasteiger partial charge in [0.2, 0.25) is 0 Å². The highest BCUT2D eigenvalue weighted by Crippen LogP contribution is 2.38. The van der Waals surface area contributed by atoms with Crippen molar-refractivity contribution in [2.75, 3.05) is 13.7 Å². The Balaban J connectivity index is 2.81. The minimum atomic E-state index is -2.04. The van der Waals surface area contributed by atoms with E-state index in [4.69, 9.17) is 0 Å². The number of carboxylic acids is 1. The summed E-state index contributed by atoms with van der Waals surface area (Å²) in [7, 11) is 1.08. The van der Waals surface area contributed by atoms with Crippen molar-refractivity contribution in [2.24, 2.45) is 0 Å². The molecule has 116 valence electrons. The number of methoxy groups -OCH3 is 1. The van der Waals surface area contributed by atoms with Crippen LogP contribution in [0.15, 0.2) is 24.3 Å². The van der Waals surface area contributed by atoms with E-state index in [1.807, 2.05) is 0 Å². The lowest BCUT2D eigenvalue weighted by molar-refractivity contribution is -0.161. The van der Waals surface area contributed by atoms with Gasteiger partial charge in [-0.05, 0) is 18.6 Å². The molecule has 1 aromatic carbocycles. The molecule has 0 bridgehead atoms. The van der Waals surface area contributed by atoms with Crippen LogP contribution < -0.4 is 0 Å². The normalized spacial score (nSPS) is 20.5. The molecule has 7 nitrogen and oxygen atoms in total. The average molecular weight is 305 g/mol. The van der Waals surface area contributed by atoms with E-state index >= 15 is 0 Å². The summed E-state index contributed by atoms with van der Waals surface area (Å²) < 4.78 is 4.69. The number of imide groups is 1. The van der Waals surface area contributed by atoms with Crippen LogP contribution in [0.3, 0.4) is 0 Å². The summed E-state index contributed by atoms with van der Waals surface area (Å²) in [6.07, 6.45) is -0.778. The Hall–Kier alpha value is -2.70. The molecule has 1 aromatic rings. The summed E-state index contributed by atoms with van der Waals surface area (Å²) in [6, 6.07) is 6.01. The van der Waals surface area contributed by atoms with Gasteiger partial charge in [0.05, 0.1) is 13.5 Å². The molecule has 0 saturated heterocycles. The molecule has 0 saturated carbocycles. The van der Waals surface area contributed by atoms with Gasteiger partial charge in [-0.1, -0.05) is 18.2 Å². The van der Waals surface area contributed by atoms with Gasteiger partial charge in [-0.3, -0.25) is 24.1 Å². The number of carbonyl (C=O) groups excluding carboxylic acids is 3. The van der Waals surface area contributed by atoms with E-state index in [0.717, 1.165) is 12.0 Å². The summed E-state index contributed by atoms with van der Waals surface area (Å²) in [4.78, 5) is 49.5. The lowest BCUT2D eigenvalue weighted by atomic mass is 9.71. The second kappa shape index (κ2) is 5.59. The van der Waals surface area contributed by atoms with Crippen LogP contribution in [-0.2, 0) is 24.5 Å². The predicted molar refractivity (Wildman–Crippen MR) is 74.1 cm³/mol. The first-order valence-corrected chi connectivity index (χ1v) is 6.66. The molecule has 1 aliphatic heterocycles. The third-order valence-electron chi connectivity index (χ3n) is 3.74. The van der Waals surface area contributed by atoms with Gasteiger partial charge in [0.1, 0.15) is 0 Å². The third-order valence-corrected chi connectivity index (χ3v) is 3.74. The van der Waals surface area contributed by atoms with E-state index < -0.39 is 35.6 Å². The molecule has 0 radical (unpaired) electrons. The lowest BCUT2D eigenvalue weighted by Crippen LogP contribution is -2.59. The minimum Gasteiger partial charge on any atom is -0.481 e. The molecule has 1 N–H and O–H groups in total. The Morgan fingerprint density at radius 2 is 1.91 bits per heavy atom. The Bertz CT molecular complexity index is 668. The van der Waals surface area contributed by atoms with Crippen LogP contribution in [0.1, 0.15) is 29.3 Å². The van der Waals surface area contributed by atoms with Crippen LogP contribution in [-0.4, -0.2) is 47.4 Å². The zero-order valence-electron chi connectivity index (χ0n) is 12.2. The van der Waals surface area contributed by atoms with E-state index in [1.165, 1.54) is 12.1 Å². The van der Waals surface area contributed by atoms with Crippen molar-refractivity contribution in [3.05, 3.63) is 35.4 Å². The molecule has 0 fully saturated rings. The SMILES string of the molecule is CCN1C(=O)c2ccccc2C(CC(=O)O)(C(=O)OC)C1=O. The summed E-state index contributed by atoms with van der Waals surface area (Å²) >= 11 is 0. The smallest absolute Gasteiger partial charge is 0.326 e. The molecule has 1 aliphatic rings. The monoisotopic (exact) mass is 305 g/mol. The van der Waals surface area contributed by atoms with Crippen molar-refractivity contribution in [1.82, 2.24) is 4.90 Å². The maximum Gasteiger partial charge on any atom is 0.326 e. The van der Waals surface area contributed by atoms with Crippen LogP contribution in [0.25, 0.3) is 0 Å². The Labute approximate surface area is 126 Å². The highest BCUT2D eigenvalue weighted by Gasteiger charge is 2.57. The number of amides is 2. The fourth-order valence-corrected chi connectivity index (χ4v) is 2.75. The second-order valence-electron chi connectivity index (χ2n) is 4.87. The zero-order chi connectivity index (χ0) is 16.5. The molecule has 2 rings (SSSR count). The van der Waals surface area contributed by atoms with E-state index in [9.17, 15) is 24.3 Å². The van der Waals surface area contributed by atoms with E-state index in [2.05, 4.69) is 4.74 Å². The molecule has 1 atom stereocenters. The fourth-order valence-electron chi connectivity index (χ4n) is 2.75. The summed E-state index contributed by atoms with van der Waals surface area (Å²) in [5, 5.41) is 9.18. The number of carboxylic acid groups (broad SMARTS) is 1. The molecule has 1 unspecified atom stereocenters. The van der Waals surface area contributed by atoms with E-state index in [-0.39, 0.29) is 17.7 Å². The Kier molecular flexibility index (Phi) is 3.99. The van der Waals surface area contributed by atoms with E-state index in [0.29, 0.717) is 0 Å². The number of hydrogen-bond acceptors (Lipinski definition) is 5. The van der Waals surface area contributed by atoms with Crippen molar-refractivity contribution in [2.45, 2.75) is 18.8 Å². The maximum absolute atomic E-state index is 12.7. The van der Waals surface area contributed by atoms with Crippen molar-refractivity contribution in [3.8, 4) is 0 Å². The van der Waals surface area contributed by atoms with Gasteiger partial charge >= 0.3 is 11.9 Å². The fraction of sp³-hybridized carbons (Fsp3) is 0.333. The first kappa shape index (κ1) is 15.7. The summed E-state index contributed by atoms with van der Waals surface area (Å²) in [6.45, 7) is 1.61. The van der Waals surface area contributed by atoms with Gasteiger partial charge in [0, 0.05) is 12.1 Å². The molecular formula is C15H15NO6. The van der Waals surface area contributed by atoms with Gasteiger partial charge < -0.3 is 9.84 Å². The highest BCUT2D eigenvalue weighted by atomic mass is 16.5. The number of nitrogens with zero attached hydrogens (tertiary/aromatic N) is 1. The number of aliphatic carboxylic acids is 1. The number of carbonyl (C=O) groups is 4. The predicted octanol–water partition coefficient (Wildman–Crippen LogP) is 0.574. The van der Waals surface area contributed by atoms with Crippen molar-refractivity contribution < 1.29 is 29.0 Å². The lowest BCUT2D eigenvalue weighted by Gasteiger charge is -2.38. The van der Waals surface area contributed by atoms with Gasteiger partial charge in [-0.15, -0.1) is 0 Å². The quantitative estimate of drug-likeness (QED) is 0.496. The van der Waals surface area contributed by atoms with Crippen LogP contribution in [0.5, 0.6) is 0 Å². The number of likely N-dealkylation sites (N-methyl/N-ethyl adjacent to an activating group) is 1. The second-order valence-corrected chi connectivity index (χ2v) is 4.87. The topological polar surface area (TPSA) is 101 Å². The first-order valence-electron chi connectivity index (χ1n) is 6.66. The third kappa shape index (κ3) is 2.05. The van der Waals surface area contributed by atoms with Crippen LogP contribution in [0.2, 0.25) is 0 Å². The molecule has 2 amide bonds. The van der Waals surface area contributed by atoms with Gasteiger partial charge in [0.25, 0.3) is 11.8 Å². The van der Waals surface area contributed by atoms with Gasteiger partial charge in [-0.25, -0.2) is 0 Å². The number of hydrogen-bond donors (Lipinski definition) is 1. The van der Waals surface area contributed by atoms with Crippen LogP contribution in [0, 0.1) is 0 Å². The number of ether oxygens (including phenoxy) is 1. The molecule has 0 aromatic heterocycles. The number of esters is 1. The van der Waals surface area contributed by atoms with Crippen LogP contribution >= 0.6 is 0 Å². The Morgan fingerprint density at radius 1 is 1.27 bits per heavy atom. The maximum atomic E-state index is 12.7. The molecule has 0 spiro atoms. The molecule has 22 heavy (non-hydrogen) atoms. The summed E-state index contributed by atoms with van der Waals surface area (Å²) in [5.41, 5.74) is -1.83. The van der Waals surface area contributed by atoms with Gasteiger partial charge in [0.15, 0.2) is 5.41 Å². The van der Waals surface area contributed by atoms with E-state index in [1.54, 1.807) is 19.1 Å². The number of rotatable bonds is 4. The minimum absolute atomic E-state index is 0.0321.